The van der Waals surface area contributed by atoms with Crippen LogP contribution in [0.3, 0.4) is 0 Å². The maximum absolute atomic E-state index is 11.0. The van der Waals surface area contributed by atoms with Crippen LogP contribution in [0.1, 0.15) is 11.6 Å². The average molecular weight is 351 g/mol. The molecule has 5 nitrogen and oxygen atoms in total. The lowest BCUT2D eigenvalue weighted by molar-refractivity contribution is -0.385. The first-order valence-corrected chi connectivity index (χ1v) is 7.15. The molecule has 2 aromatic rings. The van der Waals surface area contributed by atoms with Gasteiger partial charge >= 0.3 is 0 Å². The van der Waals surface area contributed by atoms with Crippen LogP contribution in [-0.4, -0.2) is 18.6 Å². The Morgan fingerprint density at radius 3 is 2.62 bits per heavy atom. The number of halogens is 1. The summed E-state index contributed by atoms with van der Waals surface area (Å²) in [5.74, 6) is 0. The lowest BCUT2D eigenvalue weighted by atomic mass is 10.1. The second-order valence-corrected chi connectivity index (χ2v) is 5.34. The Bertz CT molecular complexity index is 620. The van der Waals surface area contributed by atoms with E-state index in [0.717, 1.165) is 5.56 Å². The van der Waals surface area contributed by atoms with Crippen LogP contribution in [0.4, 0.5) is 11.4 Å². The average Bonchev–Trinajstić information content (AvgIpc) is 2.49. The Balaban J connectivity index is 2.25. The molecule has 0 aliphatic carbocycles. The minimum Gasteiger partial charge on any atom is -0.382 e. The topological polar surface area (TPSA) is 64.4 Å². The number of nitrogens with zero attached hydrogens (tertiary/aromatic N) is 1. The summed E-state index contributed by atoms with van der Waals surface area (Å²) in [6.45, 7) is 0.466. The molecule has 0 saturated carbocycles. The monoisotopic (exact) mass is 350 g/mol. The van der Waals surface area contributed by atoms with Crippen molar-refractivity contribution in [2.24, 2.45) is 0 Å². The highest BCUT2D eigenvalue weighted by atomic mass is 79.9. The van der Waals surface area contributed by atoms with Gasteiger partial charge in [-0.1, -0.05) is 30.3 Å². The van der Waals surface area contributed by atoms with Crippen molar-refractivity contribution in [3.63, 3.8) is 0 Å². The molecular weight excluding hydrogens is 336 g/mol. The minimum absolute atomic E-state index is 0.0317. The van der Waals surface area contributed by atoms with Crippen molar-refractivity contribution < 1.29 is 9.66 Å². The highest BCUT2D eigenvalue weighted by Crippen LogP contribution is 2.29. The first-order chi connectivity index (χ1) is 10.1. The summed E-state index contributed by atoms with van der Waals surface area (Å²) >= 11 is 3.18. The molecule has 21 heavy (non-hydrogen) atoms. The number of nitro benzene ring substituents is 1. The molecule has 0 bridgehead atoms. The standard InChI is InChI=1S/C15H15BrN2O3/c1-21-10-14(11-5-3-2-4-6-11)17-12-7-8-13(16)15(9-12)18(19)20/h2-9,14,17H,10H2,1H3. The Hall–Kier alpha value is -1.92. The van der Waals surface area contributed by atoms with E-state index < -0.39 is 4.92 Å². The number of benzene rings is 2. The maximum atomic E-state index is 11.0. The smallest absolute Gasteiger partial charge is 0.285 e. The molecular formula is C15H15BrN2O3. The molecule has 0 heterocycles. The molecule has 0 radical (unpaired) electrons. The molecule has 6 heteroatoms. The molecule has 1 atom stereocenters. The van der Waals surface area contributed by atoms with Crippen molar-refractivity contribution in [3.05, 3.63) is 68.7 Å². The summed E-state index contributed by atoms with van der Waals surface area (Å²) in [5.41, 5.74) is 1.77. The Kier molecular flexibility index (Phi) is 5.30. The van der Waals surface area contributed by atoms with Crippen LogP contribution < -0.4 is 5.32 Å². The summed E-state index contributed by atoms with van der Waals surface area (Å²) in [5, 5.41) is 14.2. The second kappa shape index (κ2) is 7.19. The molecule has 2 rings (SSSR count). The van der Waals surface area contributed by atoms with E-state index in [2.05, 4.69) is 21.2 Å². The van der Waals surface area contributed by atoms with Crippen molar-refractivity contribution >= 4 is 27.3 Å². The Labute approximate surface area is 131 Å². The molecule has 0 fully saturated rings. The van der Waals surface area contributed by atoms with Crippen LogP contribution in [-0.2, 0) is 4.74 Å². The van der Waals surface area contributed by atoms with Gasteiger partial charge in [-0.2, -0.15) is 0 Å². The molecule has 1 unspecified atom stereocenters. The van der Waals surface area contributed by atoms with Crippen LogP contribution in [0.25, 0.3) is 0 Å². The molecule has 0 amide bonds. The molecule has 110 valence electrons. The van der Waals surface area contributed by atoms with Gasteiger partial charge in [-0.25, -0.2) is 0 Å². The fourth-order valence-electron chi connectivity index (χ4n) is 2.02. The molecule has 0 saturated heterocycles. The number of nitro groups is 1. The van der Waals surface area contributed by atoms with E-state index in [4.69, 9.17) is 4.74 Å². The third kappa shape index (κ3) is 4.03. The van der Waals surface area contributed by atoms with E-state index in [0.29, 0.717) is 16.8 Å². The maximum Gasteiger partial charge on any atom is 0.285 e. The quantitative estimate of drug-likeness (QED) is 0.627. The lowest BCUT2D eigenvalue weighted by Crippen LogP contribution is -2.16. The predicted octanol–water partition coefficient (Wildman–Crippen LogP) is 4.16. The lowest BCUT2D eigenvalue weighted by Gasteiger charge is -2.19. The van der Waals surface area contributed by atoms with Gasteiger partial charge in [-0.3, -0.25) is 10.1 Å². The van der Waals surface area contributed by atoms with Crippen molar-refractivity contribution in [2.45, 2.75) is 6.04 Å². The van der Waals surface area contributed by atoms with E-state index >= 15 is 0 Å². The summed E-state index contributed by atoms with van der Waals surface area (Å²) in [7, 11) is 1.63. The van der Waals surface area contributed by atoms with E-state index in [-0.39, 0.29) is 11.7 Å². The molecule has 0 aromatic heterocycles. The van der Waals surface area contributed by atoms with Crippen molar-refractivity contribution in [1.29, 1.82) is 0 Å². The first-order valence-electron chi connectivity index (χ1n) is 6.36. The molecule has 0 aliphatic rings. The second-order valence-electron chi connectivity index (χ2n) is 4.49. The Morgan fingerprint density at radius 1 is 1.29 bits per heavy atom. The SMILES string of the molecule is COCC(Nc1ccc(Br)c([N+](=O)[O-])c1)c1ccccc1. The van der Waals surface area contributed by atoms with Gasteiger partial charge in [0.1, 0.15) is 0 Å². The van der Waals surface area contributed by atoms with Gasteiger partial charge < -0.3 is 10.1 Å². The highest BCUT2D eigenvalue weighted by molar-refractivity contribution is 9.10. The summed E-state index contributed by atoms with van der Waals surface area (Å²) < 4.78 is 5.69. The van der Waals surface area contributed by atoms with E-state index in [1.807, 2.05) is 30.3 Å². The number of hydrogen-bond donors (Lipinski definition) is 1. The van der Waals surface area contributed by atoms with E-state index in [1.54, 1.807) is 19.2 Å². The van der Waals surface area contributed by atoms with Crippen molar-refractivity contribution in [2.75, 3.05) is 19.0 Å². The Morgan fingerprint density at radius 2 is 2.00 bits per heavy atom. The first kappa shape index (κ1) is 15.5. The summed E-state index contributed by atoms with van der Waals surface area (Å²) in [6.07, 6.45) is 0. The molecule has 1 N–H and O–H groups in total. The van der Waals surface area contributed by atoms with Crippen LogP contribution in [0.5, 0.6) is 0 Å². The van der Waals surface area contributed by atoms with Gasteiger partial charge in [0.05, 0.1) is 22.0 Å². The third-order valence-electron chi connectivity index (χ3n) is 3.02. The van der Waals surface area contributed by atoms with E-state index in [1.165, 1.54) is 6.07 Å². The molecule has 0 aliphatic heterocycles. The van der Waals surface area contributed by atoms with Gasteiger partial charge in [0.15, 0.2) is 0 Å². The van der Waals surface area contributed by atoms with Gasteiger partial charge in [-0.05, 0) is 33.6 Å². The fourth-order valence-corrected chi connectivity index (χ4v) is 2.41. The predicted molar refractivity (Wildman–Crippen MR) is 85.5 cm³/mol. The number of methoxy groups -OCH3 is 1. The minimum atomic E-state index is -0.414. The van der Waals surface area contributed by atoms with Gasteiger partial charge in [0.25, 0.3) is 5.69 Å². The van der Waals surface area contributed by atoms with Crippen molar-refractivity contribution in [1.82, 2.24) is 0 Å². The van der Waals surface area contributed by atoms with Crippen LogP contribution >= 0.6 is 15.9 Å². The number of rotatable bonds is 6. The number of ether oxygens (including phenoxy) is 1. The molecule has 2 aromatic carbocycles. The molecule has 0 spiro atoms. The zero-order chi connectivity index (χ0) is 15.2. The zero-order valence-electron chi connectivity index (χ0n) is 11.5. The van der Waals surface area contributed by atoms with Gasteiger partial charge in [0.2, 0.25) is 0 Å². The summed E-state index contributed by atoms with van der Waals surface area (Å²) in [6, 6.07) is 14.7. The largest absolute Gasteiger partial charge is 0.382 e. The third-order valence-corrected chi connectivity index (χ3v) is 3.69. The normalized spacial score (nSPS) is 11.9. The summed E-state index contributed by atoms with van der Waals surface area (Å²) in [4.78, 5) is 10.6. The van der Waals surface area contributed by atoms with Crippen LogP contribution in [0.2, 0.25) is 0 Å². The van der Waals surface area contributed by atoms with E-state index in [9.17, 15) is 10.1 Å². The number of hydrogen-bond acceptors (Lipinski definition) is 4. The highest BCUT2D eigenvalue weighted by Gasteiger charge is 2.15. The van der Waals surface area contributed by atoms with Crippen LogP contribution in [0, 0.1) is 10.1 Å². The van der Waals surface area contributed by atoms with Crippen molar-refractivity contribution in [3.8, 4) is 0 Å². The van der Waals surface area contributed by atoms with Crippen LogP contribution in [0.15, 0.2) is 53.0 Å². The number of nitrogens with one attached hydrogen (secondary N) is 1. The fraction of sp³-hybridized carbons (Fsp3) is 0.200. The van der Waals surface area contributed by atoms with Gasteiger partial charge in [-0.15, -0.1) is 0 Å². The zero-order valence-corrected chi connectivity index (χ0v) is 13.0. The van der Waals surface area contributed by atoms with Gasteiger partial charge in [0, 0.05) is 18.9 Å². The number of anilines is 1.